The van der Waals surface area contributed by atoms with Gasteiger partial charge in [-0.2, -0.15) is 0 Å². The Bertz CT molecular complexity index is 1000. The van der Waals surface area contributed by atoms with Gasteiger partial charge in [0.05, 0.1) is 11.7 Å². The van der Waals surface area contributed by atoms with Crippen molar-refractivity contribution in [3.05, 3.63) is 70.8 Å². The van der Waals surface area contributed by atoms with Gasteiger partial charge in [0.1, 0.15) is 0 Å². The van der Waals surface area contributed by atoms with E-state index in [1.165, 1.54) is 23.1 Å². The number of carbonyl (C=O) groups excluding carboxylic acids is 2. The van der Waals surface area contributed by atoms with Gasteiger partial charge in [0.15, 0.2) is 10.1 Å². The minimum absolute atomic E-state index is 0.0587. The number of aryl methyl sites for hydroxylation is 2. The summed E-state index contributed by atoms with van der Waals surface area (Å²) >= 11 is 2.62. The molecular formula is C22H23N3O2S2. The number of nitrogens with zero attached hydrogens (tertiary/aromatic N) is 2. The lowest BCUT2D eigenvalue weighted by atomic mass is 9.96. The number of nitrogens with one attached hydrogen (secondary N) is 1. The average molecular weight is 426 g/mol. The van der Waals surface area contributed by atoms with Gasteiger partial charge < -0.3 is 0 Å². The van der Waals surface area contributed by atoms with Crippen molar-refractivity contribution in [1.82, 2.24) is 10.2 Å². The van der Waals surface area contributed by atoms with Crippen LogP contribution in [0.25, 0.3) is 0 Å². The third-order valence-electron chi connectivity index (χ3n) is 4.57. The molecule has 0 radical (unpaired) electrons. The second-order valence-electron chi connectivity index (χ2n) is 6.76. The standard InChI is InChI=1S/C22H23N3O2S2/c1-4-17(16-8-6-5-7-9-16)20(27)23-21-24-25-22(29-21)28-13-19(26)18-11-10-14(2)12-15(18)3/h5-12,17H,4,13H2,1-3H3,(H,23,24,27). The summed E-state index contributed by atoms with van der Waals surface area (Å²) in [5.41, 5.74) is 3.82. The summed E-state index contributed by atoms with van der Waals surface area (Å²) in [6, 6.07) is 15.5. The fraction of sp³-hybridized carbons (Fsp3) is 0.273. The molecule has 1 aromatic heterocycles. The highest BCUT2D eigenvalue weighted by Crippen LogP contribution is 2.28. The number of carbonyl (C=O) groups is 2. The summed E-state index contributed by atoms with van der Waals surface area (Å²) in [4.78, 5) is 25.1. The number of amides is 1. The second-order valence-corrected chi connectivity index (χ2v) is 8.96. The van der Waals surface area contributed by atoms with E-state index >= 15 is 0 Å². The first-order valence-electron chi connectivity index (χ1n) is 9.40. The largest absolute Gasteiger partial charge is 0.300 e. The van der Waals surface area contributed by atoms with E-state index in [9.17, 15) is 9.59 Å². The first-order valence-corrected chi connectivity index (χ1v) is 11.2. The van der Waals surface area contributed by atoms with Gasteiger partial charge in [-0.25, -0.2) is 0 Å². The fourth-order valence-electron chi connectivity index (χ4n) is 3.10. The van der Waals surface area contributed by atoms with Crippen molar-refractivity contribution in [3.8, 4) is 0 Å². The number of ketones is 1. The van der Waals surface area contributed by atoms with Crippen LogP contribution < -0.4 is 5.32 Å². The summed E-state index contributed by atoms with van der Waals surface area (Å²) in [5.74, 6) is 0.0112. The van der Waals surface area contributed by atoms with Gasteiger partial charge in [-0.1, -0.05) is 84.1 Å². The Morgan fingerprint density at radius 2 is 1.86 bits per heavy atom. The van der Waals surface area contributed by atoms with Crippen LogP contribution in [0.15, 0.2) is 52.9 Å². The molecule has 1 heterocycles. The molecule has 150 valence electrons. The summed E-state index contributed by atoms with van der Waals surface area (Å²) in [6.07, 6.45) is 0.695. The number of rotatable bonds is 8. The second kappa shape index (κ2) is 9.80. The van der Waals surface area contributed by atoms with Crippen LogP contribution in [-0.2, 0) is 4.79 Å². The fourth-order valence-corrected chi connectivity index (χ4v) is 4.74. The molecule has 3 rings (SSSR count). The number of Topliss-reactive ketones (excluding diaryl/α,β-unsaturated/α-hetero) is 1. The molecule has 1 N–H and O–H groups in total. The van der Waals surface area contributed by atoms with E-state index in [-0.39, 0.29) is 23.4 Å². The first kappa shape index (κ1) is 21.2. The van der Waals surface area contributed by atoms with Crippen LogP contribution in [0.1, 0.15) is 46.3 Å². The first-order chi connectivity index (χ1) is 14.0. The summed E-state index contributed by atoms with van der Waals surface area (Å²) in [7, 11) is 0. The molecule has 0 aliphatic heterocycles. The van der Waals surface area contributed by atoms with Crippen molar-refractivity contribution < 1.29 is 9.59 Å². The summed E-state index contributed by atoms with van der Waals surface area (Å²) in [5, 5.41) is 11.4. The van der Waals surface area contributed by atoms with E-state index < -0.39 is 0 Å². The Hall–Kier alpha value is -2.51. The summed E-state index contributed by atoms with van der Waals surface area (Å²) < 4.78 is 0.658. The predicted octanol–water partition coefficient (Wildman–Crippen LogP) is 5.26. The highest BCUT2D eigenvalue weighted by molar-refractivity contribution is 8.01. The van der Waals surface area contributed by atoms with Crippen molar-refractivity contribution in [2.45, 2.75) is 37.4 Å². The lowest BCUT2D eigenvalue weighted by Gasteiger charge is -2.13. The van der Waals surface area contributed by atoms with Gasteiger partial charge in [-0.05, 0) is 31.4 Å². The van der Waals surface area contributed by atoms with Crippen LogP contribution in [0.4, 0.5) is 5.13 Å². The number of anilines is 1. The monoisotopic (exact) mass is 425 g/mol. The van der Waals surface area contributed by atoms with Crippen LogP contribution in [0.3, 0.4) is 0 Å². The Morgan fingerprint density at radius 1 is 1.10 bits per heavy atom. The maximum Gasteiger partial charge on any atom is 0.233 e. The number of benzene rings is 2. The van der Waals surface area contributed by atoms with Crippen molar-refractivity contribution >= 4 is 39.9 Å². The molecule has 1 unspecified atom stereocenters. The minimum atomic E-state index is -0.234. The number of aromatic nitrogens is 2. The Balaban J connectivity index is 1.59. The number of hydrogen-bond donors (Lipinski definition) is 1. The third kappa shape index (κ3) is 5.52. The lowest BCUT2D eigenvalue weighted by molar-refractivity contribution is -0.117. The topological polar surface area (TPSA) is 72.0 Å². The quantitative estimate of drug-likeness (QED) is 0.303. The Morgan fingerprint density at radius 3 is 2.55 bits per heavy atom. The van der Waals surface area contributed by atoms with Gasteiger partial charge in [0.25, 0.3) is 0 Å². The van der Waals surface area contributed by atoms with E-state index in [1.54, 1.807) is 0 Å². The average Bonchev–Trinajstić information content (AvgIpc) is 3.15. The molecule has 7 heteroatoms. The van der Waals surface area contributed by atoms with Gasteiger partial charge in [0, 0.05) is 5.56 Å². The van der Waals surface area contributed by atoms with Crippen molar-refractivity contribution in [1.29, 1.82) is 0 Å². The molecule has 5 nitrogen and oxygen atoms in total. The lowest BCUT2D eigenvalue weighted by Crippen LogP contribution is -2.20. The molecule has 1 atom stereocenters. The smallest absolute Gasteiger partial charge is 0.233 e. The van der Waals surface area contributed by atoms with E-state index in [4.69, 9.17) is 0 Å². The molecule has 0 saturated carbocycles. The number of thioether (sulfide) groups is 1. The minimum Gasteiger partial charge on any atom is -0.300 e. The molecule has 2 aromatic carbocycles. The number of hydrogen-bond acceptors (Lipinski definition) is 6. The van der Waals surface area contributed by atoms with Crippen molar-refractivity contribution in [2.75, 3.05) is 11.1 Å². The normalized spacial score (nSPS) is 11.8. The molecule has 1 amide bonds. The highest BCUT2D eigenvalue weighted by Gasteiger charge is 2.20. The molecule has 3 aromatic rings. The van der Waals surface area contributed by atoms with Gasteiger partial charge in [-0.3, -0.25) is 14.9 Å². The zero-order valence-electron chi connectivity index (χ0n) is 16.6. The molecular weight excluding hydrogens is 402 g/mol. The Labute approximate surface area is 179 Å². The van der Waals surface area contributed by atoms with Gasteiger partial charge in [0.2, 0.25) is 11.0 Å². The van der Waals surface area contributed by atoms with E-state index in [1.807, 2.05) is 69.3 Å². The van der Waals surface area contributed by atoms with E-state index in [0.29, 0.717) is 15.9 Å². The molecule has 0 bridgehead atoms. The molecule has 29 heavy (non-hydrogen) atoms. The van der Waals surface area contributed by atoms with Crippen LogP contribution in [0.2, 0.25) is 0 Å². The molecule has 0 saturated heterocycles. The molecule has 0 fully saturated rings. The van der Waals surface area contributed by atoms with Crippen molar-refractivity contribution in [2.24, 2.45) is 0 Å². The highest BCUT2D eigenvalue weighted by atomic mass is 32.2. The Kier molecular flexibility index (Phi) is 7.17. The SMILES string of the molecule is CCC(C(=O)Nc1nnc(SCC(=O)c2ccc(C)cc2C)s1)c1ccccc1. The molecule has 0 aliphatic carbocycles. The van der Waals surface area contributed by atoms with Crippen LogP contribution in [-0.4, -0.2) is 27.6 Å². The summed E-state index contributed by atoms with van der Waals surface area (Å²) in [6.45, 7) is 5.94. The predicted molar refractivity (Wildman–Crippen MR) is 119 cm³/mol. The van der Waals surface area contributed by atoms with Gasteiger partial charge in [-0.15, -0.1) is 10.2 Å². The zero-order chi connectivity index (χ0) is 20.8. The zero-order valence-corrected chi connectivity index (χ0v) is 18.3. The molecule has 0 spiro atoms. The van der Waals surface area contributed by atoms with Crippen molar-refractivity contribution in [3.63, 3.8) is 0 Å². The third-order valence-corrected chi connectivity index (χ3v) is 6.54. The maximum absolute atomic E-state index is 12.6. The van der Waals surface area contributed by atoms with Crippen LogP contribution in [0.5, 0.6) is 0 Å². The maximum atomic E-state index is 12.6. The van der Waals surface area contributed by atoms with Gasteiger partial charge >= 0.3 is 0 Å². The van der Waals surface area contributed by atoms with E-state index in [2.05, 4.69) is 15.5 Å². The molecule has 0 aliphatic rings. The van der Waals surface area contributed by atoms with Crippen LogP contribution in [0, 0.1) is 13.8 Å². The van der Waals surface area contributed by atoms with Crippen LogP contribution >= 0.6 is 23.1 Å². The van der Waals surface area contributed by atoms with E-state index in [0.717, 1.165) is 22.3 Å².